The first-order valence-electron chi connectivity index (χ1n) is 5.44. The largest absolute Gasteiger partial charge is 0.493 e. The first kappa shape index (κ1) is 11.7. The second kappa shape index (κ2) is 5.02. The smallest absolute Gasteiger partial charge is 0.183 e. The van der Waals surface area contributed by atoms with Crippen LogP contribution in [0.4, 0.5) is 4.39 Å². The standard InChI is InChI=1S/C12H15ClFNO/c1-16-12-9(2-3-10(13)11(12)14)6-8-4-5-15-7-8/h2-3,8,15H,4-7H2,1H3. The van der Waals surface area contributed by atoms with Crippen molar-refractivity contribution in [2.75, 3.05) is 20.2 Å². The zero-order valence-corrected chi connectivity index (χ0v) is 9.98. The molecular weight excluding hydrogens is 229 g/mol. The summed E-state index contributed by atoms with van der Waals surface area (Å²) >= 11 is 5.71. The predicted molar refractivity (Wildman–Crippen MR) is 62.6 cm³/mol. The van der Waals surface area contributed by atoms with Gasteiger partial charge in [0.05, 0.1) is 12.1 Å². The SMILES string of the molecule is COc1c(CC2CCNC2)ccc(Cl)c1F. The van der Waals surface area contributed by atoms with Crippen LogP contribution in [0.5, 0.6) is 5.75 Å². The van der Waals surface area contributed by atoms with E-state index in [2.05, 4.69) is 5.32 Å². The van der Waals surface area contributed by atoms with Gasteiger partial charge in [-0.3, -0.25) is 0 Å². The van der Waals surface area contributed by atoms with Gasteiger partial charge < -0.3 is 10.1 Å². The van der Waals surface area contributed by atoms with Gasteiger partial charge in [0.2, 0.25) is 0 Å². The average molecular weight is 244 g/mol. The second-order valence-electron chi connectivity index (χ2n) is 4.12. The minimum Gasteiger partial charge on any atom is -0.493 e. The molecule has 1 saturated heterocycles. The number of halogens is 2. The van der Waals surface area contributed by atoms with Gasteiger partial charge in [0, 0.05) is 0 Å². The van der Waals surface area contributed by atoms with Crippen LogP contribution in [0, 0.1) is 11.7 Å². The lowest BCUT2D eigenvalue weighted by molar-refractivity contribution is 0.378. The molecule has 1 aromatic carbocycles. The van der Waals surface area contributed by atoms with Gasteiger partial charge in [0.15, 0.2) is 11.6 Å². The summed E-state index contributed by atoms with van der Waals surface area (Å²) in [5.74, 6) is 0.404. The molecule has 1 aliphatic rings. The van der Waals surface area contributed by atoms with Crippen LogP contribution >= 0.6 is 11.6 Å². The molecule has 16 heavy (non-hydrogen) atoms. The number of rotatable bonds is 3. The molecular formula is C12H15ClFNO. The number of ether oxygens (including phenoxy) is 1. The molecule has 0 amide bonds. The average Bonchev–Trinajstić information content (AvgIpc) is 2.77. The highest BCUT2D eigenvalue weighted by atomic mass is 35.5. The molecule has 2 nitrogen and oxygen atoms in total. The van der Waals surface area contributed by atoms with Gasteiger partial charge in [-0.05, 0) is 43.5 Å². The van der Waals surface area contributed by atoms with Crippen molar-refractivity contribution in [1.29, 1.82) is 0 Å². The van der Waals surface area contributed by atoms with Gasteiger partial charge in [-0.2, -0.15) is 0 Å². The van der Waals surface area contributed by atoms with E-state index in [4.69, 9.17) is 16.3 Å². The highest BCUT2D eigenvalue weighted by Crippen LogP contribution is 2.31. The Balaban J connectivity index is 2.22. The van der Waals surface area contributed by atoms with Crippen LogP contribution in [-0.4, -0.2) is 20.2 Å². The minimum absolute atomic E-state index is 0.116. The van der Waals surface area contributed by atoms with Crippen LogP contribution in [0.15, 0.2) is 12.1 Å². The zero-order chi connectivity index (χ0) is 11.5. The van der Waals surface area contributed by atoms with E-state index in [9.17, 15) is 4.39 Å². The Morgan fingerprint density at radius 2 is 2.38 bits per heavy atom. The summed E-state index contributed by atoms with van der Waals surface area (Å²) in [6.07, 6.45) is 1.97. The van der Waals surface area contributed by atoms with Gasteiger partial charge in [-0.1, -0.05) is 17.7 Å². The molecule has 1 unspecified atom stereocenters. The van der Waals surface area contributed by atoms with Crippen molar-refractivity contribution in [1.82, 2.24) is 5.32 Å². The first-order valence-corrected chi connectivity index (χ1v) is 5.81. The number of hydrogen-bond acceptors (Lipinski definition) is 2. The van der Waals surface area contributed by atoms with Crippen molar-refractivity contribution in [3.05, 3.63) is 28.5 Å². The van der Waals surface area contributed by atoms with E-state index in [0.29, 0.717) is 11.7 Å². The maximum atomic E-state index is 13.7. The Morgan fingerprint density at radius 3 is 3.00 bits per heavy atom. The van der Waals surface area contributed by atoms with Crippen LogP contribution < -0.4 is 10.1 Å². The van der Waals surface area contributed by atoms with Gasteiger partial charge >= 0.3 is 0 Å². The highest BCUT2D eigenvalue weighted by Gasteiger charge is 2.19. The molecule has 0 saturated carbocycles. The highest BCUT2D eigenvalue weighted by molar-refractivity contribution is 6.30. The van der Waals surface area contributed by atoms with Crippen molar-refractivity contribution in [2.45, 2.75) is 12.8 Å². The van der Waals surface area contributed by atoms with Crippen molar-refractivity contribution in [2.24, 2.45) is 5.92 Å². The Morgan fingerprint density at radius 1 is 1.56 bits per heavy atom. The summed E-state index contributed by atoms with van der Waals surface area (Å²) in [5, 5.41) is 3.41. The molecule has 0 aliphatic carbocycles. The van der Waals surface area contributed by atoms with E-state index < -0.39 is 5.82 Å². The molecule has 0 aromatic heterocycles. The topological polar surface area (TPSA) is 21.3 Å². The molecule has 4 heteroatoms. The third-order valence-electron chi connectivity index (χ3n) is 3.01. The van der Waals surface area contributed by atoms with Crippen LogP contribution in [0.25, 0.3) is 0 Å². The van der Waals surface area contributed by atoms with Crippen LogP contribution in [0.1, 0.15) is 12.0 Å². The molecule has 0 spiro atoms. The molecule has 1 aromatic rings. The van der Waals surface area contributed by atoms with E-state index in [1.54, 1.807) is 6.07 Å². The van der Waals surface area contributed by atoms with Gasteiger partial charge in [-0.15, -0.1) is 0 Å². The summed E-state index contributed by atoms with van der Waals surface area (Å²) in [7, 11) is 1.48. The van der Waals surface area contributed by atoms with Crippen LogP contribution in [-0.2, 0) is 6.42 Å². The third-order valence-corrected chi connectivity index (χ3v) is 3.30. The van der Waals surface area contributed by atoms with Gasteiger partial charge in [-0.25, -0.2) is 4.39 Å². The number of methoxy groups -OCH3 is 1. The Labute approximate surface area is 99.7 Å². The molecule has 1 atom stereocenters. The van der Waals surface area contributed by atoms with Crippen LogP contribution in [0.3, 0.4) is 0 Å². The quantitative estimate of drug-likeness (QED) is 0.881. The molecule has 1 N–H and O–H groups in total. The number of benzene rings is 1. The van der Waals surface area contributed by atoms with Crippen molar-refractivity contribution in [3.63, 3.8) is 0 Å². The van der Waals surface area contributed by atoms with E-state index in [0.717, 1.165) is 31.5 Å². The zero-order valence-electron chi connectivity index (χ0n) is 9.22. The third kappa shape index (κ3) is 2.30. The van der Waals surface area contributed by atoms with Gasteiger partial charge in [0.1, 0.15) is 0 Å². The predicted octanol–water partition coefficient (Wildman–Crippen LogP) is 2.64. The summed E-state index contributed by atoms with van der Waals surface area (Å²) in [4.78, 5) is 0. The van der Waals surface area contributed by atoms with Crippen molar-refractivity contribution in [3.8, 4) is 5.75 Å². The fraction of sp³-hybridized carbons (Fsp3) is 0.500. The first-order chi connectivity index (χ1) is 7.72. The normalized spacial score (nSPS) is 20.1. The Bertz CT molecular complexity index is 378. The maximum Gasteiger partial charge on any atom is 0.183 e. The van der Waals surface area contributed by atoms with Gasteiger partial charge in [0.25, 0.3) is 0 Å². The Kier molecular flexibility index (Phi) is 3.66. The molecule has 1 aliphatic heterocycles. The summed E-state index contributed by atoms with van der Waals surface area (Å²) in [5.41, 5.74) is 0.901. The summed E-state index contributed by atoms with van der Waals surface area (Å²) in [6, 6.07) is 3.44. The monoisotopic (exact) mass is 243 g/mol. The molecule has 88 valence electrons. The fourth-order valence-corrected chi connectivity index (χ4v) is 2.30. The summed E-state index contributed by atoms with van der Waals surface area (Å²) in [6.45, 7) is 2.04. The number of hydrogen-bond donors (Lipinski definition) is 1. The van der Waals surface area contributed by atoms with E-state index in [1.165, 1.54) is 7.11 Å². The molecule has 0 radical (unpaired) electrons. The van der Waals surface area contributed by atoms with Crippen molar-refractivity contribution < 1.29 is 9.13 Å². The lowest BCUT2D eigenvalue weighted by Gasteiger charge is -2.13. The lowest BCUT2D eigenvalue weighted by Crippen LogP contribution is -2.11. The van der Waals surface area contributed by atoms with E-state index in [-0.39, 0.29) is 5.02 Å². The van der Waals surface area contributed by atoms with Crippen molar-refractivity contribution >= 4 is 11.6 Å². The maximum absolute atomic E-state index is 13.7. The Hall–Kier alpha value is -0.800. The second-order valence-corrected chi connectivity index (χ2v) is 4.52. The molecule has 0 bridgehead atoms. The lowest BCUT2D eigenvalue weighted by atomic mass is 9.98. The summed E-state index contributed by atoms with van der Waals surface area (Å²) < 4.78 is 18.8. The molecule has 2 rings (SSSR count). The van der Waals surface area contributed by atoms with Crippen LogP contribution in [0.2, 0.25) is 5.02 Å². The fourth-order valence-electron chi connectivity index (χ4n) is 2.15. The van der Waals surface area contributed by atoms with E-state index in [1.807, 2.05) is 6.07 Å². The van der Waals surface area contributed by atoms with E-state index >= 15 is 0 Å². The number of nitrogens with one attached hydrogen (secondary N) is 1. The molecule has 1 fully saturated rings. The minimum atomic E-state index is -0.451. The molecule has 1 heterocycles.